The minimum absolute atomic E-state index is 0.0128. The van der Waals surface area contributed by atoms with Crippen molar-refractivity contribution in [3.8, 4) is 0 Å². The van der Waals surface area contributed by atoms with Gasteiger partial charge in [0.2, 0.25) is 0 Å². The second kappa shape index (κ2) is 8.34. The van der Waals surface area contributed by atoms with Crippen LogP contribution in [0.1, 0.15) is 32.3 Å². The highest BCUT2D eigenvalue weighted by molar-refractivity contribution is 8.66. The lowest BCUT2D eigenvalue weighted by atomic mass is 9.98. The summed E-state index contributed by atoms with van der Waals surface area (Å²) in [6, 6.07) is 7.10. The number of rotatable bonds is 7. The van der Waals surface area contributed by atoms with Crippen molar-refractivity contribution in [1.82, 2.24) is 5.01 Å². The summed E-state index contributed by atoms with van der Waals surface area (Å²) in [5, 5.41) is 6.83. The molecule has 2 aliphatic heterocycles. The first kappa shape index (κ1) is 20.8. The molecule has 0 radical (unpaired) electrons. The number of allylic oxidation sites excluding steroid dienone is 1. The van der Waals surface area contributed by atoms with E-state index in [9.17, 15) is 9.36 Å². The van der Waals surface area contributed by atoms with Gasteiger partial charge < -0.3 is 18.1 Å². The third-order valence-corrected chi connectivity index (χ3v) is 8.83. The van der Waals surface area contributed by atoms with Crippen molar-refractivity contribution in [3.05, 3.63) is 59.2 Å². The van der Waals surface area contributed by atoms with Gasteiger partial charge in [0.15, 0.2) is 5.76 Å². The summed E-state index contributed by atoms with van der Waals surface area (Å²) in [6.45, 7) is 2.61. The van der Waals surface area contributed by atoms with Crippen LogP contribution in [0, 0.1) is 0 Å². The average Bonchev–Trinajstić information content (AvgIpc) is 3.46. The number of carbonyl (C=O) groups excluding carboxylic acids is 1. The highest BCUT2D eigenvalue weighted by Gasteiger charge is 2.51. The second-order valence-corrected chi connectivity index (χ2v) is 10.5. The quantitative estimate of drug-likeness (QED) is 0.422. The van der Waals surface area contributed by atoms with Crippen molar-refractivity contribution in [2.24, 2.45) is 5.10 Å². The summed E-state index contributed by atoms with van der Waals surface area (Å²) in [6.07, 6.45) is 3.10. The molecule has 0 N–H and O–H groups in total. The van der Waals surface area contributed by atoms with Gasteiger partial charge in [0.25, 0.3) is 0 Å². The smallest absolute Gasteiger partial charge is 0.345 e. The number of esters is 1. The molecule has 0 amide bonds. The van der Waals surface area contributed by atoms with Gasteiger partial charge in [0, 0.05) is 12.1 Å². The topological polar surface area (TPSA) is 94.5 Å². The van der Waals surface area contributed by atoms with E-state index in [4.69, 9.17) is 18.1 Å². The Bertz CT molecular complexity index is 1080. The van der Waals surface area contributed by atoms with E-state index in [1.165, 1.54) is 0 Å². The predicted molar refractivity (Wildman–Crippen MR) is 115 cm³/mol. The lowest BCUT2D eigenvalue weighted by Gasteiger charge is -2.27. The molecule has 0 aliphatic carbocycles. The highest BCUT2D eigenvalue weighted by atomic mass is 32.7. The molecule has 0 aromatic carbocycles. The average molecular weight is 448 g/mol. The summed E-state index contributed by atoms with van der Waals surface area (Å²) < 4.78 is 36.0. The van der Waals surface area contributed by atoms with Crippen LogP contribution in [0.15, 0.2) is 61.6 Å². The summed E-state index contributed by atoms with van der Waals surface area (Å²) in [4.78, 5) is 13.0. The maximum Gasteiger partial charge on any atom is 0.345 e. The van der Waals surface area contributed by atoms with E-state index in [0.717, 1.165) is 11.4 Å². The summed E-state index contributed by atoms with van der Waals surface area (Å²) >= 11 is 0.964. The van der Waals surface area contributed by atoms with Gasteiger partial charge in [-0.25, -0.2) is 4.79 Å². The van der Waals surface area contributed by atoms with Crippen LogP contribution in [0.3, 0.4) is 0 Å². The molecule has 2 aromatic heterocycles. The summed E-state index contributed by atoms with van der Waals surface area (Å²) in [5.41, 5.74) is 1.58. The first-order valence-electron chi connectivity index (χ1n) is 9.59. The van der Waals surface area contributed by atoms with Crippen LogP contribution in [-0.4, -0.2) is 35.8 Å². The number of hydrogen-bond donors (Lipinski definition) is 0. The summed E-state index contributed by atoms with van der Waals surface area (Å²) in [5.74, 6) is 0.356. The molecular formula is C20H21N2O6PS. The Labute approximate surface area is 177 Å². The van der Waals surface area contributed by atoms with Crippen molar-refractivity contribution in [2.75, 3.05) is 19.8 Å². The lowest BCUT2D eigenvalue weighted by molar-refractivity contribution is -0.137. The number of fused-ring (bicyclic) bond motifs is 1. The third kappa shape index (κ3) is 3.37. The Balaban J connectivity index is 2.07. The zero-order valence-electron chi connectivity index (χ0n) is 16.8. The molecule has 10 heteroatoms. The maximum absolute atomic E-state index is 13.7. The largest absolute Gasteiger partial charge is 0.464 e. The Morgan fingerprint density at radius 1 is 1.10 bits per heavy atom. The van der Waals surface area contributed by atoms with Gasteiger partial charge in [-0.15, -0.1) is 0 Å². The molecule has 0 bridgehead atoms. The fourth-order valence-corrected chi connectivity index (χ4v) is 7.81. The molecule has 0 saturated heterocycles. The Morgan fingerprint density at radius 2 is 1.80 bits per heavy atom. The molecule has 1 unspecified atom stereocenters. The molecule has 2 aliphatic rings. The predicted octanol–water partition coefficient (Wildman–Crippen LogP) is 5.18. The normalized spacial score (nSPS) is 21.2. The van der Waals surface area contributed by atoms with Gasteiger partial charge in [-0.3, -0.25) is 9.57 Å². The van der Waals surface area contributed by atoms with E-state index in [1.807, 2.05) is 6.92 Å². The van der Waals surface area contributed by atoms with Crippen molar-refractivity contribution in [2.45, 2.75) is 20.8 Å². The zero-order chi connectivity index (χ0) is 21.3. The highest BCUT2D eigenvalue weighted by Crippen LogP contribution is 2.74. The SMILES string of the molecule is CCOC(=O)C1=C2C(=NN(CC)C(c3ccco3)=C2c2ccco2)SP1(=O)OCC. The minimum atomic E-state index is -3.59. The monoisotopic (exact) mass is 448 g/mol. The standard InChI is InChI=1S/C20H21N2O6PS/c1-4-22-17(14-10-8-12-27-14)15(13-9-7-11-26-13)16-18(20(23)25-5-2)29(24,28-6-3)30-19(16)21-22/h7-12H,4-6H2,1-3H3. The van der Waals surface area contributed by atoms with Gasteiger partial charge in [-0.1, -0.05) is 0 Å². The van der Waals surface area contributed by atoms with Crippen molar-refractivity contribution in [3.63, 3.8) is 0 Å². The fraction of sp³-hybridized carbons (Fsp3) is 0.300. The van der Waals surface area contributed by atoms with Crippen LogP contribution in [0.2, 0.25) is 0 Å². The molecule has 0 saturated carbocycles. The molecule has 4 rings (SSSR count). The van der Waals surface area contributed by atoms with Crippen LogP contribution in [-0.2, 0) is 18.6 Å². The molecule has 0 spiro atoms. The number of furan rings is 2. The number of nitrogens with zero attached hydrogens (tertiary/aromatic N) is 2. The van der Waals surface area contributed by atoms with E-state index >= 15 is 0 Å². The van der Waals surface area contributed by atoms with Gasteiger partial charge >= 0.3 is 12.5 Å². The van der Waals surface area contributed by atoms with Gasteiger partial charge in [-0.05, 0) is 56.4 Å². The molecule has 2 aromatic rings. The van der Waals surface area contributed by atoms with E-state index in [2.05, 4.69) is 5.10 Å². The molecule has 1 atom stereocenters. The minimum Gasteiger partial charge on any atom is -0.464 e. The third-order valence-electron chi connectivity index (χ3n) is 4.48. The van der Waals surface area contributed by atoms with E-state index in [0.29, 0.717) is 40.0 Å². The first-order chi connectivity index (χ1) is 14.5. The van der Waals surface area contributed by atoms with Crippen molar-refractivity contribution < 1.29 is 27.5 Å². The van der Waals surface area contributed by atoms with E-state index in [1.54, 1.807) is 55.6 Å². The van der Waals surface area contributed by atoms with Crippen molar-refractivity contribution in [1.29, 1.82) is 0 Å². The Hall–Kier alpha value is -2.48. The number of ether oxygens (including phenoxy) is 1. The molecule has 8 nitrogen and oxygen atoms in total. The first-order valence-corrected chi connectivity index (χ1v) is 12.6. The van der Waals surface area contributed by atoms with Crippen molar-refractivity contribution >= 4 is 40.2 Å². The maximum atomic E-state index is 13.7. The fourth-order valence-electron chi connectivity index (χ4n) is 3.37. The Morgan fingerprint density at radius 3 is 2.37 bits per heavy atom. The van der Waals surface area contributed by atoms with E-state index in [-0.39, 0.29) is 18.5 Å². The van der Waals surface area contributed by atoms with Crippen LogP contribution in [0.25, 0.3) is 11.3 Å². The number of hydrazone groups is 1. The van der Waals surface area contributed by atoms with Crippen LogP contribution in [0.4, 0.5) is 0 Å². The summed E-state index contributed by atoms with van der Waals surface area (Å²) in [7, 11) is 0. The second-order valence-electron chi connectivity index (χ2n) is 6.25. The molecule has 4 heterocycles. The molecule has 30 heavy (non-hydrogen) atoms. The van der Waals surface area contributed by atoms with Crippen LogP contribution >= 0.6 is 18.0 Å². The molecule has 158 valence electrons. The van der Waals surface area contributed by atoms with Gasteiger partial charge in [-0.2, -0.15) is 5.10 Å². The van der Waals surface area contributed by atoms with Gasteiger partial charge in [0.1, 0.15) is 21.8 Å². The van der Waals surface area contributed by atoms with Gasteiger partial charge in [0.05, 0.1) is 31.3 Å². The molecular weight excluding hydrogens is 427 g/mol. The van der Waals surface area contributed by atoms with Crippen LogP contribution < -0.4 is 0 Å². The molecule has 0 fully saturated rings. The zero-order valence-corrected chi connectivity index (χ0v) is 18.5. The number of hydrogen-bond acceptors (Lipinski definition) is 9. The lowest BCUT2D eigenvalue weighted by Crippen LogP contribution is -2.24. The Kier molecular flexibility index (Phi) is 5.77. The van der Waals surface area contributed by atoms with E-state index < -0.39 is 12.5 Å². The van der Waals surface area contributed by atoms with Crippen LogP contribution in [0.5, 0.6) is 0 Å². The number of carbonyl (C=O) groups is 1.